The summed E-state index contributed by atoms with van der Waals surface area (Å²) >= 11 is 0. The quantitative estimate of drug-likeness (QED) is 0.827. The normalized spacial score (nSPS) is 9.94. The van der Waals surface area contributed by atoms with Gasteiger partial charge in [0, 0.05) is 6.07 Å². The molecule has 0 unspecified atom stereocenters. The Labute approximate surface area is 97.1 Å². The van der Waals surface area contributed by atoms with E-state index in [1.807, 2.05) is 0 Å². The highest BCUT2D eigenvalue weighted by Gasteiger charge is 2.08. The molecule has 0 aromatic heterocycles. The highest BCUT2D eigenvalue weighted by Crippen LogP contribution is 2.32. The number of carbonyl (C=O) groups is 1. The van der Waals surface area contributed by atoms with Crippen LogP contribution in [0.5, 0.6) is 17.2 Å². The van der Waals surface area contributed by atoms with Crippen molar-refractivity contribution >= 4 is 6.29 Å². The molecule has 0 amide bonds. The fourth-order valence-electron chi connectivity index (χ4n) is 1.36. The number of ether oxygens (including phenoxy) is 1. The van der Waals surface area contributed by atoms with Crippen LogP contribution in [0, 0.1) is 5.82 Å². The number of halogens is 1. The van der Waals surface area contributed by atoms with Gasteiger partial charge in [-0.2, -0.15) is 0 Å². The molecule has 0 aliphatic heterocycles. The van der Waals surface area contributed by atoms with Crippen LogP contribution in [0.25, 0.3) is 0 Å². The van der Waals surface area contributed by atoms with Crippen molar-refractivity contribution < 1.29 is 19.0 Å². The topological polar surface area (TPSA) is 46.5 Å². The lowest BCUT2D eigenvalue weighted by Gasteiger charge is -2.09. The first-order chi connectivity index (χ1) is 8.20. The Balaban J connectivity index is 2.37. The van der Waals surface area contributed by atoms with Gasteiger partial charge >= 0.3 is 0 Å². The highest BCUT2D eigenvalue weighted by molar-refractivity contribution is 5.79. The summed E-state index contributed by atoms with van der Waals surface area (Å²) in [5.41, 5.74) is 0.330. The summed E-state index contributed by atoms with van der Waals surface area (Å²) in [5, 5.41) is 9.48. The molecule has 86 valence electrons. The first-order valence-electron chi connectivity index (χ1n) is 4.91. The first kappa shape index (κ1) is 11.1. The minimum atomic E-state index is -0.526. The number of hydrogen-bond acceptors (Lipinski definition) is 3. The predicted molar refractivity (Wildman–Crippen MR) is 60.0 cm³/mol. The molecule has 2 aromatic carbocycles. The molecule has 0 saturated carbocycles. The number of phenols is 1. The van der Waals surface area contributed by atoms with Crippen LogP contribution in [0.1, 0.15) is 10.4 Å². The second-order valence-corrected chi connectivity index (χ2v) is 3.37. The average molecular weight is 232 g/mol. The van der Waals surface area contributed by atoms with Gasteiger partial charge in [0.05, 0.1) is 5.56 Å². The van der Waals surface area contributed by atoms with E-state index in [9.17, 15) is 14.3 Å². The molecule has 2 rings (SSSR count). The smallest absolute Gasteiger partial charge is 0.171 e. The largest absolute Gasteiger partial charge is 0.504 e. The van der Waals surface area contributed by atoms with Gasteiger partial charge in [-0.25, -0.2) is 4.39 Å². The molecule has 0 bridgehead atoms. The highest BCUT2D eigenvalue weighted by atomic mass is 19.1. The van der Waals surface area contributed by atoms with E-state index >= 15 is 0 Å². The molecule has 0 spiro atoms. The van der Waals surface area contributed by atoms with E-state index in [2.05, 4.69) is 0 Å². The summed E-state index contributed by atoms with van der Waals surface area (Å²) in [7, 11) is 0. The Hall–Kier alpha value is -2.36. The molecule has 0 heterocycles. The number of hydrogen-bond donors (Lipinski definition) is 1. The Morgan fingerprint density at radius 3 is 2.65 bits per heavy atom. The summed E-state index contributed by atoms with van der Waals surface area (Å²) in [6, 6.07) is 9.85. The van der Waals surface area contributed by atoms with Gasteiger partial charge in [-0.3, -0.25) is 4.79 Å². The van der Waals surface area contributed by atoms with Gasteiger partial charge in [0.1, 0.15) is 11.6 Å². The third-order valence-electron chi connectivity index (χ3n) is 2.19. The Morgan fingerprint density at radius 2 is 1.88 bits per heavy atom. The fourth-order valence-corrected chi connectivity index (χ4v) is 1.36. The molecule has 0 fully saturated rings. The second-order valence-electron chi connectivity index (χ2n) is 3.37. The summed E-state index contributed by atoms with van der Waals surface area (Å²) in [4.78, 5) is 10.8. The maximum Gasteiger partial charge on any atom is 0.171 e. The summed E-state index contributed by atoms with van der Waals surface area (Å²) in [5.74, 6) is -0.476. The van der Waals surface area contributed by atoms with Gasteiger partial charge in [-0.05, 0) is 24.3 Å². The van der Waals surface area contributed by atoms with E-state index in [0.29, 0.717) is 11.8 Å². The molecule has 0 aliphatic carbocycles. The van der Waals surface area contributed by atoms with Crippen molar-refractivity contribution in [2.75, 3.05) is 0 Å². The molecule has 0 atom stereocenters. The van der Waals surface area contributed by atoms with Crippen LogP contribution < -0.4 is 4.74 Å². The van der Waals surface area contributed by atoms with Crippen molar-refractivity contribution in [1.82, 2.24) is 0 Å². The van der Waals surface area contributed by atoms with Crippen LogP contribution in [-0.2, 0) is 0 Å². The predicted octanol–water partition coefficient (Wildman–Crippen LogP) is 3.14. The lowest BCUT2D eigenvalue weighted by Crippen LogP contribution is -1.90. The standard InChI is InChI=1S/C13H9FO3/c14-10-5-6-11(16)13(7-10)17-12-4-2-1-3-9(12)8-15/h1-8,16H. The average Bonchev–Trinajstić information content (AvgIpc) is 2.34. The zero-order chi connectivity index (χ0) is 12.3. The first-order valence-corrected chi connectivity index (χ1v) is 4.91. The van der Waals surface area contributed by atoms with Gasteiger partial charge in [-0.1, -0.05) is 12.1 Å². The lowest BCUT2D eigenvalue weighted by molar-refractivity contribution is 0.112. The minimum absolute atomic E-state index is 0.0284. The molecule has 1 N–H and O–H groups in total. The zero-order valence-corrected chi connectivity index (χ0v) is 8.76. The summed E-state index contributed by atoms with van der Waals surface area (Å²) in [6.45, 7) is 0. The third-order valence-corrected chi connectivity index (χ3v) is 2.19. The Kier molecular flexibility index (Phi) is 3.05. The van der Waals surface area contributed by atoms with Crippen LogP contribution >= 0.6 is 0 Å². The van der Waals surface area contributed by atoms with E-state index in [0.717, 1.165) is 12.1 Å². The van der Waals surface area contributed by atoms with Crippen LogP contribution in [-0.4, -0.2) is 11.4 Å². The van der Waals surface area contributed by atoms with Crippen LogP contribution in [0.2, 0.25) is 0 Å². The van der Waals surface area contributed by atoms with E-state index in [1.54, 1.807) is 24.3 Å². The molecular formula is C13H9FO3. The van der Waals surface area contributed by atoms with Crippen molar-refractivity contribution in [2.24, 2.45) is 0 Å². The molecule has 0 saturated heterocycles. The fraction of sp³-hybridized carbons (Fsp3) is 0. The maximum absolute atomic E-state index is 13.0. The number of phenolic OH excluding ortho intramolecular Hbond substituents is 1. The van der Waals surface area contributed by atoms with Gasteiger partial charge in [0.25, 0.3) is 0 Å². The summed E-state index contributed by atoms with van der Waals surface area (Å²) in [6.07, 6.45) is 0.631. The monoisotopic (exact) mass is 232 g/mol. The third kappa shape index (κ3) is 2.42. The zero-order valence-electron chi connectivity index (χ0n) is 8.76. The number of benzene rings is 2. The van der Waals surface area contributed by atoms with Crippen molar-refractivity contribution in [3.8, 4) is 17.2 Å². The van der Waals surface area contributed by atoms with Crippen LogP contribution in [0.3, 0.4) is 0 Å². The Bertz CT molecular complexity index is 552. The number of aromatic hydroxyl groups is 1. The molecule has 2 aromatic rings. The SMILES string of the molecule is O=Cc1ccccc1Oc1cc(F)ccc1O. The molecular weight excluding hydrogens is 223 g/mol. The van der Waals surface area contributed by atoms with Crippen LogP contribution in [0.4, 0.5) is 4.39 Å². The van der Waals surface area contributed by atoms with Gasteiger partial charge in [0.2, 0.25) is 0 Å². The van der Waals surface area contributed by atoms with E-state index < -0.39 is 5.82 Å². The van der Waals surface area contributed by atoms with Crippen molar-refractivity contribution in [1.29, 1.82) is 0 Å². The van der Waals surface area contributed by atoms with Crippen molar-refractivity contribution in [3.05, 3.63) is 53.8 Å². The van der Waals surface area contributed by atoms with Crippen molar-refractivity contribution in [3.63, 3.8) is 0 Å². The van der Waals surface area contributed by atoms with E-state index in [-0.39, 0.29) is 17.2 Å². The number of para-hydroxylation sites is 1. The van der Waals surface area contributed by atoms with Crippen molar-refractivity contribution in [2.45, 2.75) is 0 Å². The van der Waals surface area contributed by atoms with Gasteiger partial charge in [-0.15, -0.1) is 0 Å². The van der Waals surface area contributed by atoms with E-state index in [4.69, 9.17) is 4.74 Å². The second kappa shape index (κ2) is 4.65. The molecule has 0 radical (unpaired) electrons. The Morgan fingerprint density at radius 1 is 1.12 bits per heavy atom. The minimum Gasteiger partial charge on any atom is -0.504 e. The molecule has 17 heavy (non-hydrogen) atoms. The van der Waals surface area contributed by atoms with Gasteiger partial charge < -0.3 is 9.84 Å². The lowest BCUT2D eigenvalue weighted by atomic mass is 10.2. The maximum atomic E-state index is 13.0. The van der Waals surface area contributed by atoms with Gasteiger partial charge in [0.15, 0.2) is 17.8 Å². The number of rotatable bonds is 3. The van der Waals surface area contributed by atoms with E-state index in [1.165, 1.54) is 6.07 Å². The molecule has 3 nitrogen and oxygen atoms in total. The number of aldehydes is 1. The van der Waals surface area contributed by atoms with Crippen LogP contribution in [0.15, 0.2) is 42.5 Å². The number of carbonyl (C=O) groups excluding carboxylic acids is 1. The molecule has 0 aliphatic rings. The molecule has 4 heteroatoms. The summed E-state index contributed by atoms with van der Waals surface area (Å²) < 4.78 is 18.3.